The van der Waals surface area contributed by atoms with Gasteiger partial charge in [0.25, 0.3) is 11.6 Å². The quantitative estimate of drug-likeness (QED) is 0.274. The van der Waals surface area contributed by atoms with Crippen LogP contribution in [-0.4, -0.2) is 28.1 Å². The van der Waals surface area contributed by atoms with E-state index >= 15 is 0 Å². The molecule has 148 valence electrons. The molecule has 1 N–H and O–H groups in total. The van der Waals surface area contributed by atoms with Crippen LogP contribution in [0.3, 0.4) is 0 Å². The number of hydrogen-bond donors (Lipinski definition) is 1. The first-order valence-electron chi connectivity index (χ1n) is 8.74. The molecule has 0 unspecified atom stereocenters. The maximum Gasteiger partial charge on any atom is 0.274 e. The van der Waals surface area contributed by atoms with Crippen LogP contribution in [0.2, 0.25) is 0 Å². The minimum atomic E-state index is -1.20. The summed E-state index contributed by atoms with van der Waals surface area (Å²) in [7, 11) is 0. The first-order chi connectivity index (χ1) is 13.7. The van der Waals surface area contributed by atoms with E-state index in [9.17, 15) is 19.7 Å². The lowest BCUT2D eigenvalue weighted by Crippen LogP contribution is -2.58. The number of nitro groups is 1. The molecule has 0 aliphatic carbocycles. The third kappa shape index (κ3) is 4.04. The van der Waals surface area contributed by atoms with Gasteiger partial charge in [0, 0.05) is 17.8 Å². The number of hydrogen-bond acceptors (Lipinski definition) is 6. The lowest BCUT2D eigenvalue weighted by atomic mass is 10.0. The van der Waals surface area contributed by atoms with Crippen molar-refractivity contribution in [1.82, 2.24) is 5.32 Å². The lowest BCUT2D eigenvalue weighted by molar-refractivity contribution is -0.385. The Kier molecular flexibility index (Phi) is 5.51. The highest BCUT2D eigenvalue weighted by Crippen LogP contribution is 2.28. The van der Waals surface area contributed by atoms with Crippen LogP contribution in [0.15, 0.2) is 41.4 Å². The predicted molar refractivity (Wildman–Crippen MR) is 114 cm³/mol. The van der Waals surface area contributed by atoms with Gasteiger partial charge >= 0.3 is 0 Å². The molecule has 3 rings (SSSR count). The Bertz CT molecular complexity index is 1060. The van der Waals surface area contributed by atoms with Crippen molar-refractivity contribution in [3.8, 4) is 0 Å². The van der Waals surface area contributed by atoms with E-state index < -0.39 is 22.7 Å². The molecule has 29 heavy (non-hydrogen) atoms. The number of benzene rings is 2. The summed E-state index contributed by atoms with van der Waals surface area (Å²) < 4.78 is 0. The van der Waals surface area contributed by atoms with E-state index in [0.717, 1.165) is 5.56 Å². The summed E-state index contributed by atoms with van der Waals surface area (Å²) in [6.07, 6.45) is 1.19. The molecule has 0 radical (unpaired) electrons. The van der Waals surface area contributed by atoms with Crippen molar-refractivity contribution in [3.05, 3.63) is 63.2 Å². The fourth-order valence-corrected chi connectivity index (χ4v) is 3.20. The topological polar surface area (TPSA) is 105 Å². The average molecular weight is 410 g/mol. The minimum absolute atomic E-state index is 0.00433. The summed E-state index contributed by atoms with van der Waals surface area (Å²) in [5, 5.41) is 13.7. The van der Waals surface area contributed by atoms with Gasteiger partial charge in [-0.25, -0.2) is 0 Å². The molecule has 1 aliphatic rings. The van der Waals surface area contributed by atoms with Gasteiger partial charge in [0.1, 0.15) is 0 Å². The van der Waals surface area contributed by atoms with E-state index in [-0.39, 0.29) is 16.5 Å². The van der Waals surface area contributed by atoms with E-state index in [0.29, 0.717) is 16.8 Å². The standard InChI is InChI=1S/C20H18N4O4S/c1-11-4-6-15(7-5-11)23-19(26)16(18(25)22-20(23)29)10-21-14-8-12(2)13(3)17(9-14)24(27)28/h4-10,16H,1-3H3,(H,22,25,29)/t16-/m1/s1. The zero-order valence-corrected chi connectivity index (χ0v) is 16.8. The molecule has 0 bridgehead atoms. The largest absolute Gasteiger partial charge is 0.301 e. The van der Waals surface area contributed by atoms with Gasteiger partial charge in [0.15, 0.2) is 11.0 Å². The van der Waals surface area contributed by atoms with Gasteiger partial charge in [-0.1, -0.05) is 17.7 Å². The van der Waals surface area contributed by atoms with Gasteiger partial charge in [0.05, 0.1) is 16.3 Å². The third-order valence-electron chi connectivity index (χ3n) is 4.69. The van der Waals surface area contributed by atoms with Crippen LogP contribution >= 0.6 is 12.2 Å². The van der Waals surface area contributed by atoms with Gasteiger partial charge in [-0.05, 0) is 56.8 Å². The Morgan fingerprint density at radius 3 is 2.45 bits per heavy atom. The number of carbonyl (C=O) groups excluding carboxylic acids is 2. The smallest absolute Gasteiger partial charge is 0.274 e. The molecule has 1 aliphatic heterocycles. The number of nitrogens with one attached hydrogen (secondary N) is 1. The van der Waals surface area contributed by atoms with Crippen molar-refractivity contribution in [3.63, 3.8) is 0 Å². The van der Waals surface area contributed by atoms with E-state index in [1.165, 1.54) is 17.2 Å². The molecule has 2 aromatic rings. The Morgan fingerprint density at radius 2 is 1.83 bits per heavy atom. The number of amides is 2. The van der Waals surface area contributed by atoms with Gasteiger partial charge in [0.2, 0.25) is 5.91 Å². The number of nitrogens with zero attached hydrogens (tertiary/aromatic N) is 3. The van der Waals surface area contributed by atoms with Crippen LogP contribution in [0, 0.1) is 36.8 Å². The van der Waals surface area contributed by atoms with Crippen LogP contribution in [0.4, 0.5) is 17.1 Å². The number of aliphatic imine (C=N–C) groups is 1. The zero-order chi connectivity index (χ0) is 21.3. The van der Waals surface area contributed by atoms with Crippen LogP contribution in [0.25, 0.3) is 0 Å². The highest BCUT2D eigenvalue weighted by Gasteiger charge is 2.38. The van der Waals surface area contributed by atoms with E-state index in [2.05, 4.69) is 10.3 Å². The monoisotopic (exact) mass is 410 g/mol. The molecule has 1 saturated heterocycles. The molecule has 9 heteroatoms. The first kappa shape index (κ1) is 20.3. The van der Waals surface area contributed by atoms with Crippen LogP contribution in [0.5, 0.6) is 0 Å². The van der Waals surface area contributed by atoms with Crippen molar-refractivity contribution < 1.29 is 14.5 Å². The molecule has 1 atom stereocenters. The average Bonchev–Trinajstić information content (AvgIpc) is 2.65. The number of anilines is 1. The number of nitro benzene ring substituents is 1. The highest BCUT2D eigenvalue weighted by molar-refractivity contribution is 7.80. The Labute approximate surface area is 172 Å². The molecule has 1 fully saturated rings. The summed E-state index contributed by atoms with van der Waals surface area (Å²) in [6, 6.07) is 10.1. The Hall–Kier alpha value is -3.46. The molecule has 2 aromatic carbocycles. The maximum atomic E-state index is 12.9. The second-order valence-corrected chi connectivity index (χ2v) is 7.11. The molecular weight excluding hydrogens is 392 g/mol. The molecule has 2 amide bonds. The molecule has 0 spiro atoms. The summed E-state index contributed by atoms with van der Waals surface area (Å²) >= 11 is 5.16. The van der Waals surface area contributed by atoms with Crippen LogP contribution in [0.1, 0.15) is 16.7 Å². The Morgan fingerprint density at radius 1 is 1.17 bits per heavy atom. The summed E-state index contributed by atoms with van der Waals surface area (Å²) in [5.74, 6) is -2.33. The molecule has 1 heterocycles. The van der Waals surface area contributed by atoms with Crippen molar-refractivity contribution in [2.45, 2.75) is 20.8 Å². The summed E-state index contributed by atoms with van der Waals surface area (Å²) in [4.78, 5) is 41.4. The van der Waals surface area contributed by atoms with E-state index in [1.807, 2.05) is 19.1 Å². The maximum absolute atomic E-state index is 12.9. The molecule has 8 nitrogen and oxygen atoms in total. The fraction of sp³-hybridized carbons (Fsp3) is 0.200. The number of aryl methyl sites for hydroxylation is 2. The zero-order valence-electron chi connectivity index (χ0n) is 16.0. The van der Waals surface area contributed by atoms with Crippen LogP contribution in [-0.2, 0) is 9.59 Å². The van der Waals surface area contributed by atoms with Gasteiger partial charge in [-0.15, -0.1) is 0 Å². The van der Waals surface area contributed by atoms with Crippen molar-refractivity contribution in [2.24, 2.45) is 10.9 Å². The summed E-state index contributed by atoms with van der Waals surface area (Å²) in [5.41, 5.74) is 2.99. The van der Waals surface area contributed by atoms with Crippen molar-refractivity contribution >= 4 is 52.4 Å². The Balaban J connectivity index is 1.93. The number of rotatable bonds is 4. The van der Waals surface area contributed by atoms with Crippen LogP contribution < -0.4 is 10.2 Å². The van der Waals surface area contributed by atoms with Crippen molar-refractivity contribution in [1.29, 1.82) is 0 Å². The van der Waals surface area contributed by atoms with Gasteiger partial charge < -0.3 is 5.32 Å². The molecule has 0 saturated carbocycles. The SMILES string of the molecule is Cc1ccc(N2C(=O)[C@H](C=Nc3cc(C)c(C)c([N+](=O)[O-])c3)C(=O)NC2=S)cc1. The number of thiocarbonyl (C=S) groups is 1. The fourth-order valence-electron chi connectivity index (χ4n) is 2.91. The minimum Gasteiger partial charge on any atom is -0.301 e. The van der Waals surface area contributed by atoms with E-state index in [4.69, 9.17) is 12.2 Å². The third-order valence-corrected chi connectivity index (χ3v) is 4.97. The molecular formula is C20H18N4O4S. The van der Waals surface area contributed by atoms with E-state index in [1.54, 1.807) is 32.0 Å². The summed E-state index contributed by atoms with van der Waals surface area (Å²) in [6.45, 7) is 5.30. The second kappa shape index (κ2) is 7.88. The lowest BCUT2D eigenvalue weighted by Gasteiger charge is -2.30. The predicted octanol–water partition coefficient (Wildman–Crippen LogP) is 3.29. The van der Waals surface area contributed by atoms with Gasteiger partial charge in [-0.3, -0.25) is 29.6 Å². The molecule has 0 aromatic heterocycles. The highest BCUT2D eigenvalue weighted by atomic mass is 32.1. The van der Waals surface area contributed by atoms with Gasteiger partial charge in [-0.2, -0.15) is 0 Å². The normalized spacial score (nSPS) is 17.0. The number of carbonyl (C=O) groups is 2. The second-order valence-electron chi connectivity index (χ2n) is 6.72. The first-order valence-corrected chi connectivity index (χ1v) is 9.15. The van der Waals surface area contributed by atoms with Crippen molar-refractivity contribution in [2.75, 3.05) is 4.90 Å².